The average Bonchev–Trinajstić information content (AvgIpc) is 3.03. The zero-order chi connectivity index (χ0) is 17.4. The van der Waals surface area contributed by atoms with Gasteiger partial charge < -0.3 is 4.52 Å². The number of hydrogen-bond acceptors (Lipinski definition) is 6. The Bertz CT molecular complexity index is 791. The predicted octanol–water partition coefficient (Wildman–Crippen LogP) is 1.85. The first-order chi connectivity index (χ1) is 10.7. The molecule has 2 rings (SSSR count). The number of nitrogens with zero attached hydrogens (tertiary/aromatic N) is 5. The lowest BCUT2D eigenvalue weighted by Gasteiger charge is -2.16. The van der Waals surface area contributed by atoms with E-state index in [4.69, 9.17) is 4.52 Å². The Labute approximate surface area is 136 Å². The summed E-state index contributed by atoms with van der Waals surface area (Å²) >= 11 is 0. The van der Waals surface area contributed by atoms with Crippen molar-refractivity contribution in [2.45, 2.75) is 58.5 Å². The molecule has 9 heteroatoms. The van der Waals surface area contributed by atoms with E-state index in [9.17, 15) is 8.42 Å². The zero-order valence-electron chi connectivity index (χ0n) is 14.4. The monoisotopic (exact) mass is 341 g/mol. The van der Waals surface area contributed by atoms with Gasteiger partial charge >= 0.3 is 0 Å². The maximum atomic E-state index is 12.9. The second kappa shape index (κ2) is 6.40. The predicted molar refractivity (Wildman–Crippen MR) is 84.4 cm³/mol. The number of aryl methyl sites for hydroxylation is 2. The number of aromatic nitrogens is 4. The van der Waals surface area contributed by atoms with E-state index < -0.39 is 10.0 Å². The normalized spacial score (nSPS) is 12.5. The van der Waals surface area contributed by atoms with Crippen molar-refractivity contribution >= 4 is 10.0 Å². The minimum absolute atomic E-state index is 0.0288. The molecule has 0 fully saturated rings. The zero-order valence-corrected chi connectivity index (χ0v) is 15.2. The molecule has 0 spiro atoms. The standard InChI is InChI=1S/C14H23N5O3S/c1-7-12-15-13(22-17-12)8-18(6)23(20,21)14-10(4)16-19(9(2)3)11(14)5/h9H,7-8H2,1-6H3. The summed E-state index contributed by atoms with van der Waals surface area (Å²) in [6.45, 7) is 9.33. The van der Waals surface area contributed by atoms with Crippen molar-refractivity contribution in [2.24, 2.45) is 0 Å². The van der Waals surface area contributed by atoms with E-state index in [1.807, 2.05) is 20.8 Å². The molecular formula is C14H23N5O3S. The molecule has 2 heterocycles. The Kier molecular flexibility index (Phi) is 4.90. The second-order valence-electron chi connectivity index (χ2n) is 5.76. The van der Waals surface area contributed by atoms with Crippen LogP contribution in [-0.2, 0) is 23.0 Å². The van der Waals surface area contributed by atoms with Crippen molar-refractivity contribution in [2.75, 3.05) is 7.05 Å². The van der Waals surface area contributed by atoms with Gasteiger partial charge in [-0.2, -0.15) is 14.4 Å². The van der Waals surface area contributed by atoms with Crippen LogP contribution >= 0.6 is 0 Å². The van der Waals surface area contributed by atoms with Crippen LogP contribution in [-0.4, -0.2) is 39.7 Å². The molecule has 0 saturated heterocycles. The quantitative estimate of drug-likeness (QED) is 0.796. The largest absolute Gasteiger partial charge is 0.338 e. The Morgan fingerprint density at radius 3 is 2.43 bits per heavy atom. The first-order valence-electron chi connectivity index (χ1n) is 7.52. The van der Waals surface area contributed by atoms with Crippen molar-refractivity contribution in [3.63, 3.8) is 0 Å². The van der Waals surface area contributed by atoms with Crippen LogP contribution in [0.4, 0.5) is 0 Å². The van der Waals surface area contributed by atoms with Gasteiger partial charge in [0.05, 0.1) is 17.9 Å². The fourth-order valence-electron chi connectivity index (χ4n) is 2.45. The topological polar surface area (TPSA) is 94.1 Å². The van der Waals surface area contributed by atoms with Gasteiger partial charge in [-0.3, -0.25) is 4.68 Å². The van der Waals surface area contributed by atoms with Gasteiger partial charge in [0.15, 0.2) is 5.82 Å². The molecule has 0 saturated carbocycles. The van der Waals surface area contributed by atoms with Crippen LogP contribution in [0.2, 0.25) is 0 Å². The van der Waals surface area contributed by atoms with E-state index >= 15 is 0 Å². The summed E-state index contributed by atoms with van der Waals surface area (Å²) < 4.78 is 33.7. The first-order valence-corrected chi connectivity index (χ1v) is 8.96. The molecule has 0 unspecified atom stereocenters. The van der Waals surface area contributed by atoms with E-state index in [2.05, 4.69) is 15.2 Å². The smallest absolute Gasteiger partial charge is 0.246 e. The Hall–Kier alpha value is -1.74. The van der Waals surface area contributed by atoms with Gasteiger partial charge in [0.25, 0.3) is 0 Å². The molecule has 128 valence electrons. The number of hydrogen-bond donors (Lipinski definition) is 0. The highest BCUT2D eigenvalue weighted by Crippen LogP contribution is 2.25. The number of rotatable bonds is 6. The van der Waals surface area contributed by atoms with Crippen LogP contribution in [0.15, 0.2) is 9.42 Å². The summed E-state index contributed by atoms with van der Waals surface area (Å²) in [6.07, 6.45) is 0.638. The Morgan fingerprint density at radius 2 is 1.96 bits per heavy atom. The molecule has 0 N–H and O–H groups in total. The molecule has 8 nitrogen and oxygen atoms in total. The van der Waals surface area contributed by atoms with Gasteiger partial charge in [0.2, 0.25) is 15.9 Å². The van der Waals surface area contributed by atoms with Crippen LogP contribution in [0.3, 0.4) is 0 Å². The molecule has 2 aromatic heterocycles. The van der Waals surface area contributed by atoms with Crippen LogP contribution in [0.25, 0.3) is 0 Å². The molecule has 0 aromatic carbocycles. The van der Waals surface area contributed by atoms with Crippen LogP contribution in [0.5, 0.6) is 0 Å². The highest BCUT2D eigenvalue weighted by atomic mass is 32.2. The van der Waals surface area contributed by atoms with Crippen molar-refractivity contribution in [1.82, 2.24) is 24.2 Å². The third kappa shape index (κ3) is 3.30. The van der Waals surface area contributed by atoms with E-state index in [1.54, 1.807) is 18.5 Å². The molecule has 0 amide bonds. The third-order valence-electron chi connectivity index (χ3n) is 3.60. The maximum absolute atomic E-state index is 12.9. The van der Waals surface area contributed by atoms with Crippen molar-refractivity contribution < 1.29 is 12.9 Å². The molecule has 0 atom stereocenters. The lowest BCUT2D eigenvalue weighted by Crippen LogP contribution is -2.27. The second-order valence-corrected chi connectivity index (χ2v) is 7.74. The summed E-state index contributed by atoms with van der Waals surface area (Å²) in [6, 6.07) is 0.0889. The van der Waals surface area contributed by atoms with E-state index in [-0.39, 0.29) is 23.4 Å². The molecular weight excluding hydrogens is 318 g/mol. The van der Waals surface area contributed by atoms with Crippen molar-refractivity contribution in [1.29, 1.82) is 0 Å². The highest BCUT2D eigenvalue weighted by molar-refractivity contribution is 7.89. The van der Waals surface area contributed by atoms with Crippen LogP contribution in [0.1, 0.15) is 49.9 Å². The van der Waals surface area contributed by atoms with Gasteiger partial charge in [0, 0.05) is 19.5 Å². The summed E-state index contributed by atoms with van der Waals surface area (Å²) in [4.78, 5) is 4.39. The third-order valence-corrected chi connectivity index (χ3v) is 5.66. The first kappa shape index (κ1) is 17.6. The van der Waals surface area contributed by atoms with Crippen molar-refractivity contribution in [3.05, 3.63) is 23.1 Å². The minimum atomic E-state index is -3.69. The average molecular weight is 341 g/mol. The summed E-state index contributed by atoms with van der Waals surface area (Å²) in [5.41, 5.74) is 1.12. The lowest BCUT2D eigenvalue weighted by atomic mass is 10.3. The van der Waals surface area contributed by atoms with E-state index in [0.29, 0.717) is 23.6 Å². The van der Waals surface area contributed by atoms with Crippen molar-refractivity contribution in [3.8, 4) is 0 Å². The van der Waals surface area contributed by atoms with E-state index in [1.165, 1.54) is 11.4 Å². The van der Waals surface area contributed by atoms with Gasteiger partial charge in [-0.25, -0.2) is 8.42 Å². The minimum Gasteiger partial charge on any atom is -0.338 e. The van der Waals surface area contributed by atoms with Gasteiger partial charge in [0.1, 0.15) is 4.90 Å². The SMILES string of the molecule is CCc1noc(CN(C)S(=O)(=O)c2c(C)nn(C(C)C)c2C)n1. The molecule has 2 aromatic rings. The van der Waals surface area contributed by atoms with Gasteiger partial charge in [-0.15, -0.1) is 0 Å². The fraction of sp³-hybridized carbons (Fsp3) is 0.643. The van der Waals surface area contributed by atoms with E-state index in [0.717, 1.165) is 0 Å². The molecule has 0 aliphatic carbocycles. The molecule has 0 radical (unpaired) electrons. The molecule has 0 bridgehead atoms. The molecule has 0 aliphatic rings. The summed E-state index contributed by atoms with van der Waals surface area (Å²) in [5.74, 6) is 0.838. The summed E-state index contributed by atoms with van der Waals surface area (Å²) in [7, 11) is -2.19. The van der Waals surface area contributed by atoms with Gasteiger partial charge in [-0.1, -0.05) is 12.1 Å². The maximum Gasteiger partial charge on any atom is 0.246 e. The van der Waals surface area contributed by atoms with Gasteiger partial charge in [-0.05, 0) is 27.7 Å². The molecule has 23 heavy (non-hydrogen) atoms. The Balaban J connectivity index is 2.34. The van der Waals surface area contributed by atoms with Crippen LogP contribution in [0, 0.1) is 13.8 Å². The lowest BCUT2D eigenvalue weighted by molar-refractivity contribution is 0.334. The number of sulfonamides is 1. The molecule has 0 aliphatic heterocycles. The summed E-state index contributed by atoms with van der Waals surface area (Å²) in [5, 5.41) is 8.12. The Morgan fingerprint density at radius 1 is 1.30 bits per heavy atom. The van der Waals surface area contributed by atoms with Crippen LogP contribution < -0.4 is 0 Å². The fourth-order valence-corrected chi connectivity index (χ4v) is 3.93. The highest BCUT2D eigenvalue weighted by Gasteiger charge is 2.30.